The molecule has 5 aliphatic rings. The van der Waals surface area contributed by atoms with Crippen LogP contribution in [0.5, 0.6) is 0 Å². The lowest BCUT2D eigenvalue weighted by Gasteiger charge is -2.40. The quantitative estimate of drug-likeness (QED) is 0.155. The third-order valence-electron chi connectivity index (χ3n) is 14.6. The van der Waals surface area contributed by atoms with E-state index in [9.17, 15) is 28.8 Å². The average Bonchev–Trinajstić information content (AvgIpc) is 4.15. The maximum absolute atomic E-state index is 13.4. The van der Waals surface area contributed by atoms with Crippen LogP contribution in [0.3, 0.4) is 0 Å². The highest BCUT2D eigenvalue weighted by molar-refractivity contribution is 6.31. The Kier molecular flexibility index (Phi) is 14.9. The van der Waals surface area contributed by atoms with Crippen molar-refractivity contribution >= 4 is 70.0 Å². The third kappa shape index (κ3) is 10.1. The molecule has 9 rings (SSSR count). The number of piperazine rings is 1. The van der Waals surface area contributed by atoms with E-state index in [4.69, 9.17) is 33.7 Å². The van der Waals surface area contributed by atoms with E-state index in [1.807, 2.05) is 53.2 Å². The first-order valence-electron chi connectivity index (χ1n) is 23.3. The number of amides is 6. The zero-order valence-corrected chi connectivity index (χ0v) is 40.0. The van der Waals surface area contributed by atoms with Crippen molar-refractivity contribution < 1.29 is 33.5 Å². The smallest absolute Gasteiger partial charge is 0.273 e. The first kappa shape index (κ1) is 48.6. The van der Waals surface area contributed by atoms with E-state index < -0.39 is 11.3 Å². The maximum Gasteiger partial charge on any atom is 0.273 e. The predicted molar refractivity (Wildman–Crippen MR) is 256 cm³/mol. The summed E-state index contributed by atoms with van der Waals surface area (Å²) in [5, 5.41) is 4.28. The number of primary amides is 1. The number of halogens is 2. The van der Waals surface area contributed by atoms with E-state index in [1.54, 1.807) is 29.0 Å². The fourth-order valence-electron chi connectivity index (χ4n) is 10.6. The molecule has 18 nitrogen and oxygen atoms in total. The van der Waals surface area contributed by atoms with Crippen molar-refractivity contribution in [3.8, 4) is 0 Å². The van der Waals surface area contributed by atoms with Crippen molar-refractivity contribution in [3.63, 3.8) is 0 Å². The maximum atomic E-state index is 13.4. The Labute approximate surface area is 405 Å². The van der Waals surface area contributed by atoms with Crippen LogP contribution in [0.25, 0.3) is 0 Å². The average molecular weight is 973 g/mol. The Morgan fingerprint density at radius 1 is 0.765 bits per heavy atom. The molecule has 0 bridgehead atoms. The molecule has 5 heterocycles. The number of imidazole rings is 2. The van der Waals surface area contributed by atoms with Gasteiger partial charge in [0.05, 0.1) is 30.1 Å². The molecule has 2 aliphatic carbocycles. The molecule has 2 aromatic carbocycles. The fourth-order valence-corrected chi connectivity index (χ4v) is 11.0. The van der Waals surface area contributed by atoms with Crippen LogP contribution in [0.1, 0.15) is 106 Å². The van der Waals surface area contributed by atoms with Gasteiger partial charge in [0, 0.05) is 86.4 Å². The molecule has 5 N–H and O–H groups in total. The van der Waals surface area contributed by atoms with Gasteiger partial charge in [-0.05, 0) is 108 Å². The Balaban J connectivity index is 0.000000184. The fraction of sp³-hybridized carbons (Fsp3) is 0.500. The van der Waals surface area contributed by atoms with E-state index >= 15 is 0 Å². The summed E-state index contributed by atoms with van der Waals surface area (Å²) in [7, 11) is 3.60. The number of nitrogens with two attached hydrogens (primary N) is 1. The van der Waals surface area contributed by atoms with Crippen molar-refractivity contribution in [2.75, 3.05) is 76.4 Å². The molecule has 2 saturated carbocycles. The Hall–Kier alpha value is -5.82. The number of hydrogen-bond donors (Lipinski definition) is 4. The van der Waals surface area contributed by atoms with E-state index in [-0.39, 0.29) is 69.8 Å². The lowest BCUT2D eigenvalue weighted by molar-refractivity contribution is -0.128. The molecule has 0 radical (unpaired) electrons. The van der Waals surface area contributed by atoms with Gasteiger partial charge in [0.15, 0.2) is 11.4 Å². The van der Waals surface area contributed by atoms with Crippen LogP contribution in [0, 0.1) is 10.8 Å². The molecule has 2 aromatic heterocycles. The minimum atomic E-state index is -0.758. The van der Waals surface area contributed by atoms with Crippen molar-refractivity contribution in [3.05, 3.63) is 94.0 Å². The molecule has 0 unspecified atom stereocenters. The Morgan fingerprint density at radius 2 is 1.29 bits per heavy atom. The van der Waals surface area contributed by atoms with Crippen molar-refractivity contribution in [1.82, 2.24) is 40.0 Å². The zero-order valence-electron chi connectivity index (χ0n) is 38.5. The number of ether oxygens (including phenoxy) is 1. The molecule has 6 amide bonds. The predicted octanol–water partition coefficient (Wildman–Crippen LogP) is 5.16. The van der Waals surface area contributed by atoms with E-state index in [0.717, 1.165) is 50.1 Å². The summed E-state index contributed by atoms with van der Waals surface area (Å²) in [6, 6.07) is 14.6. The highest BCUT2D eigenvalue weighted by atomic mass is 35.5. The first-order valence-corrected chi connectivity index (χ1v) is 24.1. The normalized spacial score (nSPS) is 24.0. The van der Waals surface area contributed by atoms with Gasteiger partial charge in [0.25, 0.3) is 23.6 Å². The number of anilines is 2. The molecule has 20 heteroatoms. The standard InChI is InChI=1S/C25H31ClN6O3.C23H28ClN5O4/c1-30-11-13-31(14-12-30)23(34)21-20(27-16-28-21)22(33)29-18-5-7-25(8-6-18)9-10-32(24(25)35)19-4-2-3-17(26)15-19;1-33-12-11-28(21(31)19-18(20(25)30)26-14-27-19)16-5-7-23(8-6-16)9-10-29(22(23)32)17-4-2-3-15(24)13-17/h2-4,15-16,18H,5-14H2,1H3,(H,27,28)(H,29,33);2-4,13-14,16H,5-12H2,1H3,(H2,25,30)(H,26,27). The lowest BCUT2D eigenvalue weighted by atomic mass is 9.71. The van der Waals surface area contributed by atoms with E-state index in [2.05, 4.69) is 30.2 Å². The monoisotopic (exact) mass is 971 g/mol. The third-order valence-corrected chi connectivity index (χ3v) is 15.1. The molecule has 3 aliphatic heterocycles. The molecule has 362 valence electrons. The topological polar surface area (TPSA) is 223 Å². The number of likely N-dealkylation sites (N-methyl/N-ethyl adjacent to an activating group) is 1. The van der Waals surface area contributed by atoms with Gasteiger partial charge in [-0.2, -0.15) is 0 Å². The van der Waals surface area contributed by atoms with Gasteiger partial charge < -0.3 is 50.3 Å². The molecule has 3 saturated heterocycles. The highest BCUT2D eigenvalue weighted by Gasteiger charge is 2.51. The molecule has 4 aromatic rings. The van der Waals surface area contributed by atoms with Gasteiger partial charge >= 0.3 is 0 Å². The minimum Gasteiger partial charge on any atom is -0.383 e. The van der Waals surface area contributed by atoms with Gasteiger partial charge in [0.1, 0.15) is 11.4 Å². The Morgan fingerprint density at radius 3 is 1.82 bits per heavy atom. The van der Waals surface area contributed by atoms with Gasteiger partial charge in [0.2, 0.25) is 11.8 Å². The number of aromatic amines is 2. The van der Waals surface area contributed by atoms with Crippen LogP contribution in [-0.2, 0) is 14.3 Å². The number of H-pyrrole nitrogens is 2. The van der Waals surface area contributed by atoms with Crippen molar-refractivity contribution in [1.29, 1.82) is 0 Å². The summed E-state index contributed by atoms with van der Waals surface area (Å²) in [6.45, 7) is 4.92. The first-order chi connectivity index (χ1) is 32.7. The number of nitrogens with one attached hydrogen (secondary N) is 3. The second-order valence-corrected chi connectivity index (χ2v) is 19.5. The molecule has 68 heavy (non-hydrogen) atoms. The summed E-state index contributed by atoms with van der Waals surface area (Å²) >= 11 is 12.3. The van der Waals surface area contributed by atoms with E-state index in [0.29, 0.717) is 87.9 Å². The van der Waals surface area contributed by atoms with Crippen molar-refractivity contribution in [2.24, 2.45) is 16.6 Å². The van der Waals surface area contributed by atoms with E-state index in [1.165, 1.54) is 12.7 Å². The number of nitrogens with zero attached hydrogens (tertiary/aromatic N) is 7. The number of aromatic nitrogens is 4. The number of benzene rings is 2. The van der Waals surface area contributed by atoms with Crippen LogP contribution in [-0.4, -0.2) is 149 Å². The summed E-state index contributed by atoms with van der Waals surface area (Å²) in [5.74, 6) is -1.35. The van der Waals surface area contributed by atoms with Crippen LogP contribution < -0.4 is 20.9 Å². The molecule has 5 fully saturated rings. The number of carbonyl (C=O) groups is 6. The van der Waals surface area contributed by atoms with Gasteiger partial charge in [-0.3, -0.25) is 28.8 Å². The van der Waals surface area contributed by atoms with Gasteiger partial charge in [-0.25, -0.2) is 9.97 Å². The van der Waals surface area contributed by atoms with Crippen LogP contribution in [0.4, 0.5) is 11.4 Å². The lowest BCUT2D eigenvalue weighted by Crippen LogP contribution is -2.48. The number of methoxy groups -OCH3 is 1. The summed E-state index contributed by atoms with van der Waals surface area (Å²) in [6.07, 6.45) is 9.91. The zero-order chi connectivity index (χ0) is 48.2. The minimum absolute atomic E-state index is 0.0515. The second kappa shape index (κ2) is 20.8. The van der Waals surface area contributed by atoms with Gasteiger partial charge in [-0.1, -0.05) is 35.3 Å². The van der Waals surface area contributed by atoms with Crippen LogP contribution >= 0.6 is 23.2 Å². The number of rotatable bonds is 11. The summed E-state index contributed by atoms with van der Waals surface area (Å²) < 4.78 is 5.21. The number of carbonyl (C=O) groups excluding carboxylic acids is 6. The number of hydrogen-bond acceptors (Lipinski definition) is 10. The largest absolute Gasteiger partial charge is 0.383 e. The SMILES string of the molecule is CN1CCN(C(=O)c2[nH]cnc2C(=O)NC2CCC3(CC2)CCN(c2cccc(Cl)c2)C3=O)CC1.COCCN(C(=O)c1[nH]cnc1C(N)=O)C1CCC2(CC1)CCN(c1cccc(Cl)c1)C2=O. The Bertz CT molecular complexity index is 2510. The summed E-state index contributed by atoms with van der Waals surface area (Å²) in [4.78, 5) is 101. The van der Waals surface area contributed by atoms with Crippen molar-refractivity contribution in [2.45, 2.75) is 76.3 Å². The van der Waals surface area contributed by atoms with Gasteiger partial charge in [-0.15, -0.1) is 0 Å². The highest BCUT2D eigenvalue weighted by Crippen LogP contribution is 2.48. The molecular formula is C48H59Cl2N11O7. The van der Waals surface area contributed by atoms with Crippen LogP contribution in [0.15, 0.2) is 61.2 Å². The molecule has 2 spiro atoms. The molecular weight excluding hydrogens is 914 g/mol. The summed E-state index contributed by atoms with van der Waals surface area (Å²) in [5.41, 5.74) is 6.63. The molecule has 0 atom stereocenters. The second-order valence-electron chi connectivity index (χ2n) is 18.6. The van der Waals surface area contributed by atoms with Crippen LogP contribution in [0.2, 0.25) is 10.0 Å².